The first-order valence-corrected chi connectivity index (χ1v) is 10.1. The van der Waals surface area contributed by atoms with Gasteiger partial charge in [-0.15, -0.1) is 0 Å². The Bertz CT molecular complexity index is 921. The van der Waals surface area contributed by atoms with E-state index in [2.05, 4.69) is 32.7 Å². The molecular weight excluding hydrogens is 469 g/mol. The van der Waals surface area contributed by atoms with Crippen molar-refractivity contribution in [2.24, 2.45) is 0 Å². The summed E-state index contributed by atoms with van der Waals surface area (Å²) in [4.78, 5) is 18.7. The van der Waals surface area contributed by atoms with E-state index in [1.54, 1.807) is 4.90 Å². The molecular formula is C21H22IN3O3. The first-order chi connectivity index (χ1) is 13.4. The van der Waals surface area contributed by atoms with Gasteiger partial charge in [0.1, 0.15) is 12.3 Å². The van der Waals surface area contributed by atoms with E-state index in [9.17, 15) is 4.79 Å². The molecule has 0 aliphatic heterocycles. The molecule has 0 saturated heterocycles. The highest BCUT2D eigenvalue weighted by Crippen LogP contribution is 2.18. The number of hydrogen-bond acceptors (Lipinski definition) is 5. The maximum Gasteiger partial charge on any atom is 0.261 e. The normalized spacial score (nSPS) is 10.9. The second-order valence-electron chi connectivity index (χ2n) is 6.74. The number of hydrogen-bond donors (Lipinski definition) is 0. The first kappa shape index (κ1) is 20.3. The number of carbonyl (C=O) groups excluding carboxylic acids is 1. The van der Waals surface area contributed by atoms with Crippen molar-refractivity contribution in [3.63, 3.8) is 0 Å². The summed E-state index contributed by atoms with van der Waals surface area (Å²) in [6, 6.07) is 15.4. The first-order valence-electron chi connectivity index (χ1n) is 9.00. The number of ether oxygens (including phenoxy) is 1. The minimum Gasteiger partial charge on any atom is -0.484 e. The predicted molar refractivity (Wildman–Crippen MR) is 115 cm³/mol. The van der Waals surface area contributed by atoms with Crippen molar-refractivity contribution >= 4 is 28.5 Å². The molecule has 1 heterocycles. The van der Waals surface area contributed by atoms with Crippen LogP contribution in [0.5, 0.6) is 5.75 Å². The van der Waals surface area contributed by atoms with Crippen LogP contribution < -0.4 is 4.74 Å². The van der Waals surface area contributed by atoms with E-state index in [-0.39, 0.29) is 25.1 Å². The lowest BCUT2D eigenvalue weighted by Crippen LogP contribution is -2.39. The second-order valence-corrected chi connectivity index (χ2v) is 7.98. The third kappa shape index (κ3) is 5.31. The molecule has 28 heavy (non-hydrogen) atoms. The van der Waals surface area contributed by atoms with Crippen LogP contribution in [0.3, 0.4) is 0 Å². The van der Waals surface area contributed by atoms with E-state index >= 15 is 0 Å². The summed E-state index contributed by atoms with van der Waals surface area (Å²) < 4.78 is 12.1. The highest BCUT2D eigenvalue weighted by atomic mass is 127. The third-order valence-electron chi connectivity index (χ3n) is 4.20. The Labute approximate surface area is 178 Å². The molecule has 0 saturated carbocycles. The summed E-state index contributed by atoms with van der Waals surface area (Å²) in [5, 5.41) is 4.03. The van der Waals surface area contributed by atoms with Gasteiger partial charge in [-0.3, -0.25) is 4.79 Å². The smallest absolute Gasteiger partial charge is 0.261 e. The van der Waals surface area contributed by atoms with E-state index in [1.165, 1.54) is 0 Å². The van der Waals surface area contributed by atoms with Gasteiger partial charge in [-0.1, -0.05) is 35.0 Å². The topological polar surface area (TPSA) is 68.5 Å². The summed E-state index contributed by atoms with van der Waals surface area (Å²) in [6.45, 7) is 6.11. The molecule has 3 rings (SSSR count). The summed E-state index contributed by atoms with van der Waals surface area (Å²) in [7, 11) is 0. The van der Waals surface area contributed by atoms with Gasteiger partial charge in [0.05, 0.1) is 0 Å². The van der Waals surface area contributed by atoms with Crippen LogP contribution in [0.25, 0.3) is 11.4 Å². The van der Waals surface area contributed by atoms with Crippen LogP contribution in [0, 0.1) is 10.5 Å². The Balaban J connectivity index is 1.64. The summed E-state index contributed by atoms with van der Waals surface area (Å²) in [6.07, 6.45) is 0. The molecule has 0 aliphatic carbocycles. The zero-order valence-electron chi connectivity index (χ0n) is 16.1. The second kappa shape index (κ2) is 9.18. The number of halogens is 1. The Kier molecular flexibility index (Phi) is 6.66. The zero-order chi connectivity index (χ0) is 20.1. The number of carbonyl (C=O) groups is 1. The molecule has 0 aliphatic rings. The molecule has 2 aromatic carbocycles. The number of rotatable bonds is 7. The molecule has 7 heteroatoms. The van der Waals surface area contributed by atoms with Crippen LogP contribution in [0.4, 0.5) is 0 Å². The van der Waals surface area contributed by atoms with Crippen molar-refractivity contribution < 1.29 is 14.1 Å². The molecule has 0 fully saturated rings. The fourth-order valence-corrected chi connectivity index (χ4v) is 2.96. The summed E-state index contributed by atoms with van der Waals surface area (Å²) in [5.74, 6) is 1.44. The van der Waals surface area contributed by atoms with Crippen LogP contribution >= 0.6 is 22.6 Å². The summed E-state index contributed by atoms with van der Waals surface area (Å²) in [5.41, 5.74) is 2.04. The lowest BCUT2D eigenvalue weighted by Gasteiger charge is -2.25. The van der Waals surface area contributed by atoms with Gasteiger partial charge in [-0.25, -0.2) is 0 Å². The Hall–Kier alpha value is -2.42. The van der Waals surface area contributed by atoms with Gasteiger partial charge in [0.2, 0.25) is 11.7 Å². The van der Waals surface area contributed by atoms with E-state index < -0.39 is 0 Å². The minimum atomic E-state index is -0.136. The van der Waals surface area contributed by atoms with Crippen molar-refractivity contribution in [2.75, 3.05) is 6.61 Å². The average Bonchev–Trinajstić information content (AvgIpc) is 3.14. The van der Waals surface area contributed by atoms with Gasteiger partial charge in [0.25, 0.3) is 5.91 Å². The van der Waals surface area contributed by atoms with Gasteiger partial charge in [0, 0.05) is 15.2 Å². The van der Waals surface area contributed by atoms with E-state index in [4.69, 9.17) is 9.26 Å². The Morgan fingerprint density at radius 1 is 1.14 bits per heavy atom. The van der Waals surface area contributed by atoms with Crippen LogP contribution in [-0.2, 0) is 11.3 Å². The molecule has 0 radical (unpaired) electrons. The number of aryl methyl sites for hydroxylation is 1. The van der Waals surface area contributed by atoms with E-state index in [0.29, 0.717) is 17.5 Å². The molecule has 0 N–H and O–H groups in total. The van der Waals surface area contributed by atoms with Gasteiger partial charge in [0.15, 0.2) is 6.61 Å². The average molecular weight is 491 g/mol. The molecule has 0 atom stereocenters. The molecule has 1 aromatic heterocycles. The molecule has 1 amide bonds. The maximum atomic E-state index is 12.7. The molecule has 6 nitrogen and oxygen atoms in total. The highest BCUT2D eigenvalue weighted by molar-refractivity contribution is 14.1. The lowest BCUT2D eigenvalue weighted by molar-refractivity contribution is -0.136. The van der Waals surface area contributed by atoms with Crippen LogP contribution in [0.1, 0.15) is 25.3 Å². The van der Waals surface area contributed by atoms with Gasteiger partial charge in [-0.05, 0) is 67.6 Å². The molecule has 3 aromatic rings. The molecule has 0 spiro atoms. The Morgan fingerprint density at radius 2 is 1.82 bits per heavy atom. The van der Waals surface area contributed by atoms with Crippen molar-refractivity contribution in [1.82, 2.24) is 15.0 Å². The van der Waals surface area contributed by atoms with Crippen LogP contribution in [0.2, 0.25) is 0 Å². The zero-order valence-corrected chi connectivity index (χ0v) is 18.2. The van der Waals surface area contributed by atoms with Crippen LogP contribution in [-0.4, -0.2) is 33.6 Å². The fraction of sp³-hybridized carbons (Fsp3) is 0.286. The fourth-order valence-electron chi connectivity index (χ4n) is 2.60. The maximum absolute atomic E-state index is 12.7. The van der Waals surface area contributed by atoms with Gasteiger partial charge in [-0.2, -0.15) is 4.98 Å². The molecule has 0 bridgehead atoms. The quantitative estimate of drug-likeness (QED) is 0.457. The monoisotopic (exact) mass is 491 g/mol. The SMILES string of the molecule is Cc1ccc(-c2noc(CN(C(=O)COc3ccc(I)cc3)C(C)C)n2)cc1. The lowest BCUT2D eigenvalue weighted by atomic mass is 10.1. The van der Waals surface area contributed by atoms with Crippen molar-refractivity contribution in [1.29, 1.82) is 0 Å². The molecule has 0 unspecified atom stereocenters. The standard InChI is InChI=1S/C21H22IN3O3/c1-14(2)25(20(26)13-27-18-10-8-17(22)9-11-18)12-19-23-21(24-28-19)16-6-4-15(3)5-7-16/h4-11,14H,12-13H2,1-3H3. The molecule has 146 valence electrons. The minimum absolute atomic E-state index is 0.0254. The van der Waals surface area contributed by atoms with Crippen molar-refractivity contribution in [3.05, 3.63) is 63.6 Å². The number of amides is 1. The Morgan fingerprint density at radius 3 is 2.46 bits per heavy atom. The number of aromatic nitrogens is 2. The van der Waals surface area contributed by atoms with Crippen molar-refractivity contribution in [3.8, 4) is 17.1 Å². The predicted octanol–water partition coefficient (Wildman–Crippen LogP) is 4.47. The summed E-state index contributed by atoms with van der Waals surface area (Å²) >= 11 is 2.22. The van der Waals surface area contributed by atoms with Crippen LogP contribution in [0.15, 0.2) is 53.1 Å². The van der Waals surface area contributed by atoms with E-state index in [0.717, 1.165) is 14.7 Å². The number of nitrogens with zero attached hydrogens (tertiary/aromatic N) is 3. The van der Waals surface area contributed by atoms with Gasteiger partial charge >= 0.3 is 0 Å². The van der Waals surface area contributed by atoms with Gasteiger partial charge < -0.3 is 14.2 Å². The highest BCUT2D eigenvalue weighted by Gasteiger charge is 2.21. The number of benzene rings is 2. The van der Waals surface area contributed by atoms with Crippen molar-refractivity contribution in [2.45, 2.75) is 33.4 Å². The third-order valence-corrected chi connectivity index (χ3v) is 4.92. The largest absolute Gasteiger partial charge is 0.484 e. The van der Waals surface area contributed by atoms with E-state index in [1.807, 2.05) is 69.3 Å².